The summed E-state index contributed by atoms with van der Waals surface area (Å²) in [5.41, 5.74) is 6.50. The number of aliphatic hydroxyl groups excluding tert-OH is 1. The highest BCUT2D eigenvalue weighted by Crippen LogP contribution is 2.20. The van der Waals surface area contributed by atoms with E-state index in [2.05, 4.69) is 4.98 Å². The average Bonchev–Trinajstić information content (AvgIpc) is 2.65. The zero-order chi connectivity index (χ0) is 11.5. The molecule has 16 heavy (non-hydrogen) atoms. The van der Waals surface area contributed by atoms with Gasteiger partial charge in [0, 0.05) is 12.6 Å². The van der Waals surface area contributed by atoms with Crippen LogP contribution in [0.5, 0.6) is 0 Å². The van der Waals surface area contributed by atoms with Crippen LogP contribution in [0.25, 0.3) is 0 Å². The zero-order valence-electron chi connectivity index (χ0n) is 9.05. The molecule has 0 saturated heterocycles. The molecule has 2 aromatic heterocycles. The quantitative estimate of drug-likeness (QED) is 0.824. The molecule has 4 nitrogen and oxygen atoms in total. The van der Waals surface area contributed by atoms with E-state index < -0.39 is 6.10 Å². The number of nitrogens with two attached hydrogens (primary N) is 1. The minimum atomic E-state index is -0.643. The second-order valence-corrected chi connectivity index (χ2v) is 3.76. The molecule has 2 rings (SSSR count). The van der Waals surface area contributed by atoms with Crippen LogP contribution in [0.4, 0.5) is 5.82 Å². The monoisotopic (exact) mass is 218 g/mol. The highest BCUT2D eigenvalue weighted by molar-refractivity contribution is 5.32. The molecule has 0 spiro atoms. The maximum absolute atomic E-state index is 9.92. The topological polar surface area (TPSA) is 72.3 Å². The van der Waals surface area contributed by atoms with Gasteiger partial charge in [-0.2, -0.15) is 0 Å². The highest BCUT2D eigenvalue weighted by Gasteiger charge is 2.12. The summed E-state index contributed by atoms with van der Waals surface area (Å²) in [6.07, 6.45) is 1.46. The summed E-state index contributed by atoms with van der Waals surface area (Å²) in [4.78, 5) is 3.90. The summed E-state index contributed by atoms with van der Waals surface area (Å²) >= 11 is 0. The van der Waals surface area contributed by atoms with Crippen molar-refractivity contribution in [3.8, 4) is 0 Å². The Balaban J connectivity index is 2.10. The average molecular weight is 218 g/mol. The molecule has 0 aliphatic heterocycles. The standard InChI is InChI=1S/C12H14N2O2/c1-8-2-3-11(16-8)10(15)6-9-4-5-14-12(13)7-9/h2-5,7,10,15H,6H2,1H3,(H2,13,14). The smallest absolute Gasteiger partial charge is 0.132 e. The summed E-state index contributed by atoms with van der Waals surface area (Å²) in [5.74, 6) is 1.83. The van der Waals surface area contributed by atoms with E-state index in [0.29, 0.717) is 18.0 Å². The number of pyridine rings is 1. The van der Waals surface area contributed by atoms with E-state index in [1.165, 1.54) is 0 Å². The number of nitrogen functional groups attached to an aromatic ring is 1. The lowest BCUT2D eigenvalue weighted by atomic mass is 10.1. The van der Waals surface area contributed by atoms with E-state index in [9.17, 15) is 5.11 Å². The second kappa shape index (κ2) is 4.37. The second-order valence-electron chi connectivity index (χ2n) is 3.76. The van der Waals surface area contributed by atoms with E-state index in [0.717, 1.165) is 11.3 Å². The first-order valence-electron chi connectivity index (χ1n) is 5.10. The fourth-order valence-corrected chi connectivity index (χ4v) is 1.58. The number of nitrogens with zero attached hydrogens (tertiary/aromatic N) is 1. The maximum atomic E-state index is 9.92. The predicted molar refractivity (Wildman–Crippen MR) is 60.8 cm³/mol. The van der Waals surface area contributed by atoms with Crippen molar-refractivity contribution >= 4 is 5.82 Å². The van der Waals surface area contributed by atoms with Gasteiger partial charge in [0.25, 0.3) is 0 Å². The molecule has 0 bridgehead atoms. The third kappa shape index (κ3) is 2.41. The maximum Gasteiger partial charge on any atom is 0.132 e. The fourth-order valence-electron chi connectivity index (χ4n) is 1.58. The van der Waals surface area contributed by atoms with E-state index in [1.54, 1.807) is 18.3 Å². The van der Waals surface area contributed by atoms with Crippen LogP contribution < -0.4 is 5.73 Å². The first kappa shape index (κ1) is 10.7. The number of rotatable bonds is 3. The number of anilines is 1. The minimum absolute atomic E-state index is 0.459. The van der Waals surface area contributed by atoms with Gasteiger partial charge in [-0.3, -0.25) is 0 Å². The van der Waals surface area contributed by atoms with Crippen LogP contribution in [0.3, 0.4) is 0 Å². The van der Waals surface area contributed by atoms with Crippen molar-refractivity contribution in [1.29, 1.82) is 0 Å². The Morgan fingerprint density at radius 2 is 2.25 bits per heavy atom. The molecule has 0 radical (unpaired) electrons. The third-order valence-electron chi connectivity index (χ3n) is 2.36. The molecule has 0 amide bonds. The first-order chi connectivity index (χ1) is 7.65. The van der Waals surface area contributed by atoms with Crippen molar-refractivity contribution in [2.24, 2.45) is 0 Å². The van der Waals surface area contributed by atoms with Crippen molar-refractivity contribution in [2.45, 2.75) is 19.4 Å². The number of aliphatic hydroxyl groups is 1. The van der Waals surface area contributed by atoms with E-state index >= 15 is 0 Å². The van der Waals surface area contributed by atoms with Gasteiger partial charge >= 0.3 is 0 Å². The van der Waals surface area contributed by atoms with Crippen molar-refractivity contribution in [3.05, 3.63) is 47.5 Å². The molecule has 2 heterocycles. The van der Waals surface area contributed by atoms with Crippen LogP contribution in [-0.2, 0) is 6.42 Å². The number of aryl methyl sites for hydroxylation is 1. The molecule has 0 aliphatic rings. The molecule has 3 N–H and O–H groups in total. The van der Waals surface area contributed by atoms with Crippen LogP contribution in [-0.4, -0.2) is 10.1 Å². The fraction of sp³-hybridized carbons (Fsp3) is 0.250. The SMILES string of the molecule is Cc1ccc(C(O)Cc2ccnc(N)c2)o1. The van der Waals surface area contributed by atoms with Crippen LogP contribution >= 0.6 is 0 Å². The Hall–Kier alpha value is -1.81. The molecule has 0 saturated carbocycles. The van der Waals surface area contributed by atoms with Gasteiger partial charge < -0.3 is 15.3 Å². The molecular weight excluding hydrogens is 204 g/mol. The Bertz CT molecular complexity index is 479. The molecular formula is C12H14N2O2. The van der Waals surface area contributed by atoms with Gasteiger partial charge in [0.1, 0.15) is 23.4 Å². The summed E-state index contributed by atoms with van der Waals surface area (Å²) in [6, 6.07) is 7.19. The van der Waals surface area contributed by atoms with Crippen LogP contribution in [0.15, 0.2) is 34.9 Å². The lowest BCUT2D eigenvalue weighted by Gasteiger charge is -2.07. The highest BCUT2D eigenvalue weighted by atomic mass is 16.4. The predicted octanol–water partition coefficient (Wildman–Crippen LogP) is 1.84. The number of furan rings is 1. The molecule has 0 aliphatic carbocycles. The van der Waals surface area contributed by atoms with Gasteiger partial charge in [-0.1, -0.05) is 0 Å². The van der Waals surface area contributed by atoms with Gasteiger partial charge in [-0.05, 0) is 36.8 Å². The molecule has 0 fully saturated rings. The number of aromatic nitrogens is 1. The summed E-state index contributed by atoms with van der Waals surface area (Å²) in [6.45, 7) is 1.85. The third-order valence-corrected chi connectivity index (χ3v) is 2.36. The van der Waals surface area contributed by atoms with E-state index in [4.69, 9.17) is 10.2 Å². The number of hydrogen-bond donors (Lipinski definition) is 2. The van der Waals surface area contributed by atoms with Crippen molar-refractivity contribution in [1.82, 2.24) is 4.98 Å². The molecule has 1 atom stereocenters. The Labute approximate surface area is 93.7 Å². The van der Waals surface area contributed by atoms with Crippen LogP contribution in [0.1, 0.15) is 23.2 Å². The summed E-state index contributed by atoms with van der Waals surface area (Å²) in [5, 5.41) is 9.92. The summed E-state index contributed by atoms with van der Waals surface area (Å²) in [7, 11) is 0. The Kier molecular flexibility index (Phi) is 2.92. The molecule has 1 unspecified atom stereocenters. The minimum Gasteiger partial charge on any atom is -0.464 e. The largest absolute Gasteiger partial charge is 0.464 e. The van der Waals surface area contributed by atoms with Gasteiger partial charge in [-0.15, -0.1) is 0 Å². The molecule has 2 aromatic rings. The van der Waals surface area contributed by atoms with Crippen molar-refractivity contribution in [2.75, 3.05) is 5.73 Å². The lowest BCUT2D eigenvalue weighted by Crippen LogP contribution is -2.01. The molecule has 4 heteroatoms. The van der Waals surface area contributed by atoms with Crippen LogP contribution in [0.2, 0.25) is 0 Å². The van der Waals surface area contributed by atoms with E-state index in [-0.39, 0.29) is 0 Å². The molecule has 0 aromatic carbocycles. The van der Waals surface area contributed by atoms with Gasteiger partial charge in [0.05, 0.1) is 0 Å². The van der Waals surface area contributed by atoms with Gasteiger partial charge in [0.15, 0.2) is 0 Å². The zero-order valence-corrected chi connectivity index (χ0v) is 9.05. The normalized spacial score (nSPS) is 12.6. The number of hydrogen-bond acceptors (Lipinski definition) is 4. The van der Waals surface area contributed by atoms with Crippen LogP contribution in [0, 0.1) is 6.92 Å². The van der Waals surface area contributed by atoms with Gasteiger partial charge in [-0.25, -0.2) is 4.98 Å². The van der Waals surface area contributed by atoms with Gasteiger partial charge in [0.2, 0.25) is 0 Å². The summed E-state index contributed by atoms with van der Waals surface area (Å²) < 4.78 is 5.35. The van der Waals surface area contributed by atoms with Crippen molar-refractivity contribution < 1.29 is 9.52 Å². The Morgan fingerprint density at radius 1 is 1.44 bits per heavy atom. The van der Waals surface area contributed by atoms with E-state index in [1.807, 2.05) is 19.1 Å². The first-order valence-corrected chi connectivity index (χ1v) is 5.10. The van der Waals surface area contributed by atoms with Crippen molar-refractivity contribution in [3.63, 3.8) is 0 Å². The lowest BCUT2D eigenvalue weighted by molar-refractivity contribution is 0.149. The Morgan fingerprint density at radius 3 is 2.88 bits per heavy atom. The molecule has 84 valence electrons.